The lowest BCUT2D eigenvalue weighted by Crippen LogP contribution is -2.32. The van der Waals surface area contributed by atoms with E-state index in [-0.39, 0.29) is 6.04 Å². The van der Waals surface area contributed by atoms with Crippen molar-refractivity contribution in [2.24, 2.45) is 0 Å². The molecule has 4 heteroatoms. The van der Waals surface area contributed by atoms with E-state index in [1.807, 2.05) is 24.9 Å². The van der Waals surface area contributed by atoms with Crippen LogP contribution in [0.25, 0.3) is 0 Å². The number of hydrogen-bond acceptors (Lipinski definition) is 4. The molecule has 108 valence electrons. The Morgan fingerprint density at radius 1 is 1.37 bits per heavy atom. The largest absolute Gasteiger partial charge is 0.496 e. The van der Waals surface area contributed by atoms with Crippen LogP contribution >= 0.6 is 11.8 Å². The SMILES string of the molecule is CNC(C)c1c(OC)cccc1N(C)C(C)CSC. The van der Waals surface area contributed by atoms with Crippen LogP contribution in [-0.2, 0) is 0 Å². The smallest absolute Gasteiger partial charge is 0.125 e. The van der Waals surface area contributed by atoms with Gasteiger partial charge in [-0.25, -0.2) is 0 Å². The van der Waals surface area contributed by atoms with Gasteiger partial charge in [-0.05, 0) is 39.3 Å². The molecule has 0 aliphatic carbocycles. The zero-order valence-corrected chi connectivity index (χ0v) is 13.7. The van der Waals surface area contributed by atoms with Crippen molar-refractivity contribution in [3.05, 3.63) is 23.8 Å². The fraction of sp³-hybridized carbons (Fsp3) is 0.600. The highest BCUT2D eigenvalue weighted by Gasteiger charge is 2.19. The molecule has 1 aromatic rings. The molecule has 0 radical (unpaired) electrons. The molecule has 19 heavy (non-hydrogen) atoms. The summed E-state index contributed by atoms with van der Waals surface area (Å²) in [6.07, 6.45) is 2.15. The lowest BCUT2D eigenvalue weighted by Gasteiger charge is -2.31. The molecule has 0 aliphatic rings. The average Bonchev–Trinajstić information content (AvgIpc) is 2.44. The number of ether oxygens (including phenoxy) is 1. The number of rotatable bonds is 7. The van der Waals surface area contributed by atoms with Crippen molar-refractivity contribution < 1.29 is 4.74 Å². The highest BCUT2D eigenvalue weighted by molar-refractivity contribution is 7.98. The molecular formula is C15H26N2OS. The van der Waals surface area contributed by atoms with Crippen LogP contribution < -0.4 is 15.0 Å². The van der Waals surface area contributed by atoms with E-state index in [2.05, 4.69) is 49.5 Å². The third-order valence-electron chi connectivity index (χ3n) is 3.58. The van der Waals surface area contributed by atoms with E-state index in [9.17, 15) is 0 Å². The number of hydrogen-bond donors (Lipinski definition) is 1. The fourth-order valence-corrected chi connectivity index (χ4v) is 2.89. The third kappa shape index (κ3) is 3.80. The Kier molecular flexibility index (Phi) is 6.52. The van der Waals surface area contributed by atoms with E-state index in [0.717, 1.165) is 11.5 Å². The van der Waals surface area contributed by atoms with Crippen LogP contribution in [0.2, 0.25) is 0 Å². The van der Waals surface area contributed by atoms with Crippen molar-refractivity contribution in [1.82, 2.24) is 5.32 Å². The maximum absolute atomic E-state index is 5.53. The zero-order valence-electron chi connectivity index (χ0n) is 12.9. The van der Waals surface area contributed by atoms with Gasteiger partial charge in [0.25, 0.3) is 0 Å². The van der Waals surface area contributed by atoms with Crippen LogP contribution in [0.1, 0.15) is 25.5 Å². The van der Waals surface area contributed by atoms with Crippen LogP contribution in [-0.4, -0.2) is 39.3 Å². The maximum atomic E-state index is 5.53. The Hall–Kier alpha value is -0.870. The molecule has 0 saturated carbocycles. The average molecular weight is 282 g/mol. The summed E-state index contributed by atoms with van der Waals surface area (Å²) < 4.78 is 5.53. The summed E-state index contributed by atoms with van der Waals surface area (Å²) in [6.45, 7) is 4.41. The van der Waals surface area contributed by atoms with Crippen molar-refractivity contribution in [2.75, 3.05) is 38.1 Å². The van der Waals surface area contributed by atoms with Gasteiger partial charge in [0.15, 0.2) is 0 Å². The number of nitrogens with zero attached hydrogens (tertiary/aromatic N) is 1. The fourth-order valence-electron chi connectivity index (χ4n) is 2.19. The molecule has 1 aromatic carbocycles. The normalized spacial score (nSPS) is 14.0. The maximum Gasteiger partial charge on any atom is 0.125 e. The molecular weight excluding hydrogens is 256 g/mol. The van der Waals surface area contributed by atoms with Gasteiger partial charge >= 0.3 is 0 Å². The molecule has 0 heterocycles. The molecule has 1 rings (SSSR count). The lowest BCUT2D eigenvalue weighted by atomic mass is 10.0. The highest BCUT2D eigenvalue weighted by Crippen LogP contribution is 2.34. The summed E-state index contributed by atoms with van der Waals surface area (Å²) >= 11 is 1.87. The first kappa shape index (κ1) is 16.2. The van der Waals surface area contributed by atoms with Crippen LogP contribution in [0.3, 0.4) is 0 Å². The van der Waals surface area contributed by atoms with Gasteiger partial charge in [-0.2, -0.15) is 11.8 Å². The predicted octanol–water partition coefficient (Wildman–Crippen LogP) is 3.16. The molecule has 0 amide bonds. The summed E-state index contributed by atoms with van der Waals surface area (Å²) in [5, 5.41) is 3.31. The summed E-state index contributed by atoms with van der Waals surface area (Å²) in [5.41, 5.74) is 2.46. The molecule has 2 atom stereocenters. The minimum atomic E-state index is 0.259. The number of thioether (sulfide) groups is 1. The van der Waals surface area contributed by atoms with E-state index >= 15 is 0 Å². The first-order chi connectivity index (χ1) is 9.06. The highest BCUT2D eigenvalue weighted by atomic mass is 32.2. The summed E-state index contributed by atoms with van der Waals surface area (Å²) in [7, 11) is 5.87. The van der Waals surface area contributed by atoms with Crippen molar-refractivity contribution in [1.29, 1.82) is 0 Å². The van der Waals surface area contributed by atoms with Crippen LogP contribution in [0, 0.1) is 0 Å². The Bertz CT molecular complexity index is 398. The van der Waals surface area contributed by atoms with E-state index < -0.39 is 0 Å². The topological polar surface area (TPSA) is 24.5 Å². The van der Waals surface area contributed by atoms with E-state index in [4.69, 9.17) is 4.74 Å². The third-order valence-corrected chi connectivity index (χ3v) is 4.39. The quantitative estimate of drug-likeness (QED) is 0.830. The molecule has 0 aromatic heterocycles. The van der Waals surface area contributed by atoms with Crippen molar-refractivity contribution >= 4 is 17.4 Å². The molecule has 2 unspecified atom stereocenters. The number of benzene rings is 1. The van der Waals surface area contributed by atoms with E-state index in [1.54, 1.807) is 7.11 Å². The Labute approximate surface area is 121 Å². The van der Waals surface area contributed by atoms with Crippen LogP contribution in [0.5, 0.6) is 5.75 Å². The van der Waals surface area contributed by atoms with E-state index in [1.165, 1.54) is 11.3 Å². The standard InChI is InChI=1S/C15H26N2OS/c1-11(10-19-6)17(4)13-8-7-9-14(18-5)15(13)12(2)16-3/h7-9,11-12,16H,10H2,1-6H3. The Morgan fingerprint density at radius 2 is 2.05 bits per heavy atom. The lowest BCUT2D eigenvalue weighted by molar-refractivity contribution is 0.403. The molecule has 1 N–H and O–H groups in total. The number of nitrogens with one attached hydrogen (secondary N) is 1. The molecule has 0 aliphatic heterocycles. The minimum Gasteiger partial charge on any atom is -0.496 e. The molecule has 3 nitrogen and oxygen atoms in total. The van der Waals surface area contributed by atoms with Gasteiger partial charge in [0.2, 0.25) is 0 Å². The van der Waals surface area contributed by atoms with Gasteiger partial charge in [-0.15, -0.1) is 0 Å². The second-order valence-electron chi connectivity index (χ2n) is 4.82. The van der Waals surface area contributed by atoms with Gasteiger partial charge in [0.1, 0.15) is 5.75 Å². The Balaban J connectivity index is 3.18. The molecule has 0 saturated heterocycles. The second-order valence-corrected chi connectivity index (χ2v) is 5.73. The van der Waals surface area contributed by atoms with Crippen LogP contribution in [0.4, 0.5) is 5.69 Å². The van der Waals surface area contributed by atoms with E-state index in [0.29, 0.717) is 6.04 Å². The summed E-state index contributed by atoms with van der Waals surface area (Å²) in [4.78, 5) is 2.34. The monoisotopic (exact) mass is 282 g/mol. The Morgan fingerprint density at radius 3 is 2.58 bits per heavy atom. The summed E-state index contributed by atoms with van der Waals surface area (Å²) in [6, 6.07) is 7.00. The van der Waals surface area contributed by atoms with Crippen molar-refractivity contribution in [3.8, 4) is 5.75 Å². The van der Waals surface area contributed by atoms with Gasteiger partial charge in [-0.1, -0.05) is 6.07 Å². The second kappa shape index (κ2) is 7.65. The van der Waals surface area contributed by atoms with Crippen molar-refractivity contribution in [3.63, 3.8) is 0 Å². The molecule has 0 bridgehead atoms. The van der Waals surface area contributed by atoms with Gasteiger partial charge in [-0.3, -0.25) is 0 Å². The first-order valence-corrected chi connectivity index (χ1v) is 8.02. The molecule has 0 fully saturated rings. The molecule has 0 spiro atoms. The minimum absolute atomic E-state index is 0.259. The van der Waals surface area contributed by atoms with Gasteiger partial charge in [0.05, 0.1) is 7.11 Å². The van der Waals surface area contributed by atoms with Gasteiger partial charge < -0.3 is 15.0 Å². The number of methoxy groups -OCH3 is 1. The first-order valence-electron chi connectivity index (χ1n) is 6.62. The van der Waals surface area contributed by atoms with Crippen molar-refractivity contribution in [2.45, 2.75) is 25.9 Å². The zero-order chi connectivity index (χ0) is 14.4. The number of anilines is 1. The van der Waals surface area contributed by atoms with Gasteiger partial charge in [0, 0.05) is 36.1 Å². The van der Waals surface area contributed by atoms with Crippen LogP contribution in [0.15, 0.2) is 18.2 Å². The summed E-state index contributed by atoms with van der Waals surface area (Å²) in [5.74, 6) is 2.06. The predicted molar refractivity (Wildman–Crippen MR) is 86.7 cm³/mol.